The first-order valence-corrected chi connectivity index (χ1v) is 11.2. The molecule has 0 amide bonds. The number of ether oxygens (including phenoxy) is 1. The van der Waals surface area contributed by atoms with E-state index in [1.165, 1.54) is 30.7 Å². The van der Waals surface area contributed by atoms with E-state index in [1.54, 1.807) is 11.3 Å². The molecule has 1 aliphatic heterocycles. The van der Waals surface area contributed by atoms with Crippen LogP contribution in [0, 0.1) is 5.92 Å². The van der Waals surface area contributed by atoms with Crippen molar-refractivity contribution in [2.75, 3.05) is 26.2 Å². The standard InChI is InChI=1S/C20H34N4OS.HI/c1-3-19-23-17(15-26-19)13-22-20(21-4-2)24-11-9-18(10-12-24)25-14-16-7-5-6-8-16;/h15-16,18H,3-14H2,1-2H3,(H,21,22);1H. The highest BCUT2D eigenvalue weighted by Gasteiger charge is 2.23. The van der Waals surface area contributed by atoms with E-state index >= 15 is 0 Å². The summed E-state index contributed by atoms with van der Waals surface area (Å²) in [4.78, 5) is 11.8. The lowest BCUT2D eigenvalue weighted by atomic mass is 10.1. The Kier molecular flexibility index (Phi) is 10.3. The minimum Gasteiger partial charge on any atom is -0.378 e. The number of likely N-dealkylation sites (tertiary alicyclic amines) is 1. The number of guanidine groups is 1. The molecule has 2 aliphatic rings. The van der Waals surface area contributed by atoms with Crippen LogP contribution in [0.25, 0.3) is 0 Å². The molecule has 2 heterocycles. The van der Waals surface area contributed by atoms with Gasteiger partial charge in [0.05, 0.1) is 23.4 Å². The molecular weight excluding hydrogens is 471 g/mol. The number of hydrogen-bond acceptors (Lipinski definition) is 4. The summed E-state index contributed by atoms with van der Waals surface area (Å²) >= 11 is 1.74. The van der Waals surface area contributed by atoms with Crippen molar-refractivity contribution in [3.05, 3.63) is 16.1 Å². The lowest BCUT2D eigenvalue weighted by Crippen LogP contribution is -2.47. The van der Waals surface area contributed by atoms with Crippen LogP contribution >= 0.6 is 35.3 Å². The highest BCUT2D eigenvalue weighted by atomic mass is 127. The molecule has 0 aromatic carbocycles. The maximum atomic E-state index is 6.20. The van der Waals surface area contributed by atoms with Gasteiger partial charge >= 0.3 is 0 Å². The van der Waals surface area contributed by atoms with Crippen molar-refractivity contribution >= 4 is 41.3 Å². The minimum atomic E-state index is 0. The Bertz CT molecular complexity index is 566. The minimum absolute atomic E-state index is 0. The normalized spacial score (nSPS) is 19.3. The number of aliphatic imine (C=N–C) groups is 1. The maximum absolute atomic E-state index is 6.20. The number of halogens is 1. The summed E-state index contributed by atoms with van der Waals surface area (Å²) in [6, 6.07) is 0. The predicted molar refractivity (Wildman–Crippen MR) is 124 cm³/mol. The molecule has 1 N–H and O–H groups in total. The van der Waals surface area contributed by atoms with Gasteiger partial charge in [-0.3, -0.25) is 0 Å². The molecule has 1 saturated heterocycles. The van der Waals surface area contributed by atoms with Crippen LogP contribution in [0.4, 0.5) is 0 Å². The first-order chi connectivity index (χ1) is 12.8. The van der Waals surface area contributed by atoms with Crippen LogP contribution in [-0.4, -0.2) is 48.2 Å². The van der Waals surface area contributed by atoms with Gasteiger partial charge in [0, 0.05) is 31.6 Å². The van der Waals surface area contributed by atoms with Crippen molar-refractivity contribution in [1.29, 1.82) is 0 Å². The summed E-state index contributed by atoms with van der Waals surface area (Å²) in [5.74, 6) is 1.84. The molecule has 154 valence electrons. The van der Waals surface area contributed by atoms with Gasteiger partial charge in [-0.1, -0.05) is 19.8 Å². The van der Waals surface area contributed by atoms with Gasteiger partial charge in [0.15, 0.2) is 5.96 Å². The van der Waals surface area contributed by atoms with Gasteiger partial charge in [0.25, 0.3) is 0 Å². The first kappa shape index (κ1) is 22.9. The van der Waals surface area contributed by atoms with E-state index in [4.69, 9.17) is 9.73 Å². The van der Waals surface area contributed by atoms with Crippen LogP contribution in [0.3, 0.4) is 0 Å². The number of aromatic nitrogens is 1. The lowest BCUT2D eigenvalue weighted by molar-refractivity contribution is 0.00101. The van der Waals surface area contributed by atoms with E-state index in [2.05, 4.69) is 34.4 Å². The molecule has 2 fully saturated rings. The van der Waals surface area contributed by atoms with Crippen LogP contribution in [0.5, 0.6) is 0 Å². The zero-order chi connectivity index (χ0) is 18.2. The summed E-state index contributed by atoms with van der Waals surface area (Å²) in [7, 11) is 0. The number of piperidine rings is 1. The number of hydrogen-bond donors (Lipinski definition) is 1. The largest absolute Gasteiger partial charge is 0.378 e. The Morgan fingerprint density at radius 1 is 1.26 bits per heavy atom. The fraction of sp³-hybridized carbons (Fsp3) is 0.800. The van der Waals surface area contributed by atoms with Crippen LogP contribution in [0.2, 0.25) is 0 Å². The highest BCUT2D eigenvalue weighted by molar-refractivity contribution is 14.0. The zero-order valence-corrected chi connectivity index (χ0v) is 19.9. The van der Waals surface area contributed by atoms with Gasteiger partial charge in [0.1, 0.15) is 0 Å². The molecule has 1 aromatic rings. The SMILES string of the molecule is CCNC(=NCc1csc(CC)n1)N1CCC(OCC2CCCC2)CC1.I. The van der Waals surface area contributed by atoms with Crippen molar-refractivity contribution in [3.63, 3.8) is 0 Å². The Balaban J connectivity index is 0.00000261. The van der Waals surface area contributed by atoms with Crippen LogP contribution < -0.4 is 5.32 Å². The van der Waals surface area contributed by atoms with Gasteiger partial charge in [0.2, 0.25) is 0 Å². The molecule has 0 radical (unpaired) electrons. The number of nitrogens with zero attached hydrogens (tertiary/aromatic N) is 3. The molecule has 5 nitrogen and oxygen atoms in total. The number of thiazole rings is 1. The average Bonchev–Trinajstić information content (AvgIpc) is 3.35. The van der Waals surface area contributed by atoms with E-state index in [9.17, 15) is 0 Å². The molecular formula is C20H35IN4OS. The van der Waals surface area contributed by atoms with Gasteiger partial charge in [-0.15, -0.1) is 35.3 Å². The summed E-state index contributed by atoms with van der Waals surface area (Å²) in [6.45, 7) is 8.87. The van der Waals surface area contributed by atoms with Crippen molar-refractivity contribution in [3.8, 4) is 0 Å². The van der Waals surface area contributed by atoms with Crippen molar-refractivity contribution in [2.45, 2.75) is 71.4 Å². The smallest absolute Gasteiger partial charge is 0.194 e. The summed E-state index contributed by atoms with van der Waals surface area (Å²) in [5.41, 5.74) is 1.08. The zero-order valence-electron chi connectivity index (χ0n) is 16.8. The molecule has 1 saturated carbocycles. The summed E-state index contributed by atoms with van der Waals surface area (Å²) < 4.78 is 6.20. The van der Waals surface area contributed by atoms with E-state index in [-0.39, 0.29) is 24.0 Å². The van der Waals surface area contributed by atoms with E-state index in [0.717, 1.165) is 63.1 Å². The van der Waals surface area contributed by atoms with Gasteiger partial charge in [-0.05, 0) is 44.9 Å². The van der Waals surface area contributed by atoms with Crippen LogP contribution in [0.15, 0.2) is 10.4 Å². The fourth-order valence-corrected chi connectivity index (χ4v) is 4.59. The number of rotatable bonds is 7. The molecule has 1 aliphatic carbocycles. The predicted octanol–water partition coefficient (Wildman–Crippen LogP) is 4.46. The number of nitrogens with one attached hydrogen (secondary N) is 1. The van der Waals surface area contributed by atoms with Gasteiger partial charge < -0.3 is 15.0 Å². The molecule has 0 spiro atoms. The Labute approximate surface area is 185 Å². The molecule has 0 unspecified atom stereocenters. The van der Waals surface area contributed by atoms with E-state index < -0.39 is 0 Å². The molecule has 1 aromatic heterocycles. The third-order valence-electron chi connectivity index (χ3n) is 5.41. The van der Waals surface area contributed by atoms with Crippen LogP contribution in [0.1, 0.15) is 63.1 Å². The molecule has 3 rings (SSSR count). The second-order valence-electron chi connectivity index (χ2n) is 7.43. The van der Waals surface area contributed by atoms with Gasteiger partial charge in [-0.2, -0.15) is 0 Å². The quantitative estimate of drug-likeness (QED) is 0.337. The Morgan fingerprint density at radius 2 is 2.00 bits per heavy atom. The second kappa shape index (κ2) is 12.2. The van der Waals surface area contributed by atoms with Crippen molar-refractivity contribution in [2.24, 2.45) is 10.9 Å². The molecule has 0 bridgehead atoms. The van der Waals surface area contributed by atoms with Crippen LogP contribution in [-0.2, 0) is 17.7 Å². The van der Waals surface area contributed by atoms with E-state index in [0.29, 0.717) is 12.6 Å². The third kappa shape index (κ3) is 7.16. The Hall–Kier alpha value is -0.410. The van der Waals surface area contributed by atoms with E-state index in [1.807, 2.05) is 0 Å². The molecule has 7 heteroatoms. The third-order valence-corrected chi connectivity index (χ3v) is 6.45. The topological polar surface area (TPSA) is 49.8 Å². The molecule has 0 atom stereocenters. The first-order valence-electron chi connectivity index (χ1n) is 10.4. The van der Waals surface area contributed by atoms with Crippen molar-refractivity contribution in [1.82, 2.24) is 15.2 Å². The lowest BCUT2D eigenvalue weighted by Gasteiger charge is -2.34. The van der Waals surface area contributed by atoms with Crippen molar-refractivity contribution < 1.29 is 4.74 Å². The summed E-state index contributed by atoms with van der Waals surface area (Å²) in [6.07, 6.45) is 9.17. The second-order valence-corrected chi connectivity index (χ2v) is 8.37. The average molecular weight is 506 g/mol. The summed E-state index contributed by atoms with van der Waals surface area (Å²) in [5, 5.41) is 6.77. The maximum Gasteiger partial charge on any atom is 0.194 e. The fourth-order valence-electron chi connectivity index (χ4n) is 3.85. The molecule has 27 heavy (non-hydrogen) atoms. The Morgan fingerprint density at radius 3 is 2.63 bits per heavy atom. The monoisotopic (exact) mass is 506 g/mol. The van der Waals surface area contributed by atoms with Gasteiger partial charge in [-0.25, -0.2) is 9.98 Å². The highest BCUT2D eigenvalue weighted by Crippen LogP contribution is 2.26. The number of aryl methyl sites for hydroxylation is 1.